The number of thioether (sulfide) groups is 1. The Balaban J connectivity index is 1.95. The fraction of sp³-hybridized carbons (Fsp3) is 0.0588. The Morgan fingerprint density at radius 2 is 2.04 bits per heavy atom. The van der Waals surface area contributed by atoms with Crippen LogP contribution in [0.5, 0.6) is 11.5 Å². The van der Waals surface area contributed by atoms with E-state index in [0.717, 1.165) is 17.8 Å². The number of hydrogen-bond donors (Lipinski definition) is 2. The lowest BCUT2D eigenvalue weighted by atomic mass is 10.1. The van der Waals surface area contributed by atoms with Crippen molar-refractivity contribution in [3.63, 3.8) is 0 Å². The molecule has 9 heteroatoms. The molecule has 1 heterocycles. The third-order valence-corrected chi connectivity index (χ3v) is 4.35. The Morgan fingerprint density at radius 3 is 2.69 bits per heavy atom. The van der Waals surface area contributed by atoms with Crippen LogP contribution in [0.25, 0.3) is 6.08 Å². The molecule has 1 aliphatic heterocycles. The number of methoxy groups -OCH3 is 1. The quantitative estimate of drug-likeness (QED) is 0.485. The molecular formula is C17H13N3O5S. The van der Waals surface area contributed by atoms with Gasteiger partial charge in [-0.1, -0.05) is 18.2 Å². The molecule has 0 radical (unpaired) electrons. The largest absolute Gasteiger partial charge is 0.504 e. The van der Waals surface area contributed by atoms with E-state index in [-0.39, 0.29) is 27.7 Å². The molecule has 8 nitrogen and oxygen atoms in total. The van der Waals surface area contributed by atoms with Crippen LogP contribution in [0.4, 0.5) is 11.4 Å². The van der Waals surface area contributed by atoms with Gasteiger partial charge in [0, 0.05) is 11.6 Å². The number of aromatic hydroxyl groups is 1. The normalized spacial score (nSPS) is 16.7. The van der Waals surface area contributed by atoms with E-state index in [4.69, 9.17) is 4.74 Å². The molecule has 2 aromatic carbocycles. The van der Waals surface area contributed by atoms with Gasteiger partial charge in [-0.2, -0.15) is 0 Å². The van der Waals surface area contributed by atoms with E-state index in [1.54, 1.807) is 12.1 Å². The first-order chi connectivity index (χ1) is 12.5. The van der Waals surface area contributed by atoms with E-state index in [1.165, 1.54) is 19.3 Å². The number of non-ortho nitro benzene ring substituents is 1. The predicted molar refractivity (Wildman–Crippen MR) is 98.6 cm³/mol. The highest BCUT2D eigenvalue weighted by molar-refractivity contribution is 8.18. The Morgan fingerprint density at radius 1 is 1.31 bits per heavy atom. The lowest BCUT2D eigenvalue weighted by Gasteiger charge is -2.06. The first kappa shape index (κ1) is 17.5. The second-order valence-corrected chi connectivity index (χ2v) is 6.19. The van der Waals surface area contributed by atoms with Crippen LogP contribution in [0.15, 0.2) is 52.4 Å². The summed E-state index contributed by atoms with van der Waals surface area (Å²) >= 11 is 1.07. The van der Waals surface area contributed by atoms with Crippen molar-refractivity contribution in [2.24, 2.45) is 4.99 Å². The van der Waals surface area contributed by atoms with Crippen molar-refractivity contribution < 1.29 is 19.6 Å². The molecule has 0 aliphatic carbocycles. The third kappa shape index (κ3) is 3.67. The van der Waals surface area contributed by atoms with Crippen LogP contribution in [0, 0.1) is 10.1 Å². The van der Waals surface area contributed by atoms with Crippen molar-refractivity contribution in [3.8, 4) is 11.5 Å². The van der Waals surface area contributed by atoms with E-state index in [9.17, 15) is 20.0 Å². The van der Waals surface area contributed by atoms with Crippen LogP contribution in [0.2, 0.25) is 0 Å². The highest BCUT2D eigenvalue weighted by Crippen LogP contribution is 2.37. The molecule has 1 saturated heterocycles. The smallest absolute Gasteiger partial charge is 0.274 e. The zero-order chi connectivity index (χ0) is 18.7. The van der Waals surface area contributed by atoms with Gasteiger partial charge in [-0.25, -0.2) is 4.99 Å². The monoisotopic (exact) mass is 371 g/mol. The van der Waals surface area contributed by atoms with E-state index in [0.29, 0.717) is 10.9 Å². The number of ether oxygens (including phenoxy) is 1. The number of aliphatic imine (C=N–C) groups is 1. The second kappa shape index (κ2) is 7.28. The fourth-order valence-corrected chi connectivity index (χ4v) is 3.06. The minimum absolute atomic E-state index is 0.0485. The minimum atomic E-state index is -0.603. The molecule has 26 heavy (non-hydrogen) atoms. The SMILES string of the molecule is COc1cc([N+](=O)[O-])cc(/C=C2/SC(=Nc3ccccc3)NC2=O)c1O. The Hall–Kier alpha value is -3.33. The maximum absolute atomic E-state index is 12.1. The molecule has 0 aromatic heterocycles. The zero-order valence-electron chi connectivity index (χ0n) is 13.5. The van der Waals surface area contributed by atoms with Crippen molar-refractivity contribution >= 4 is 40.3 Å². The van der Waals surface area contributed by atoms with Crippen LogP contribution in [-0.4, -0.2) is 28.2 Å². The first-order valence-electron chi connectivity index (χ1n) is 7.38. The van der Waals surface area contributed by atoms with Gasteiger partial charge in [-0.15, -0.1) is 0 Å². The molecule has 1 amide bonds. The second-order valence-electron chi connectivity index (χ2n) is 5.16. The minimum Gasteiger partial charge on any atom is -0.504 e. The van der Waals surface area contributed by atoms with E-state index in [2.05, 4.69) is 10.3 Å². The molecule has 1 fully saturated rings. The number of amides is 1. The van der Waals surface area contributed by atoms with Gasteiger partial charge >= 0.3 is 0 Å². The molecule has 3 rings (SSSR count). The van der Waals surface area contributed by atoms with Gasteiger partial charge in [0.15, 0.2) is 16.7 Å². The maximum atomic E-state index is 12.1. The van der Waals surface area contributed by atoms with Crippen LogP contribution >= 0.6 is 11.8 Å². The first-order valence-corrected chi connectivity index (χ1v) is 8.19. The van der Waals surface area contributed by atoms with Crippen LogP contribution in [0.1, 0.15) is 5.56 Å². The lowest BCUT2D eigenvalue weighted by molar-refractivity contribution is -0.385. The number of carbonyl (C=O) groups excluding carboxylic acids is 1. The molecule has 132 valence electrons. The number of carbonyl (C=O) groups is 1. The molecule has 0 atom stereocenters. The number of para-hydroxylation sites is 1. The lowest BCUT2D eigenvalue weighted by Crippen LogP contribution is -2.19. The molecule has 0 unspecified atom stereocenters. The molecule has 2 aromatic rings. The number of hydrogen-bond acceptors (Lipinski definition) is 7. The number of nitrogens with zero attached hydrogens (tertiary/aromatic N) is 2. The van der Waals surface area contributed by atoms with Crippen LogP contribution in [0.3, 0.4) is 0 Å². The standard InChI is InChI=1S/C17H13N3O5S/c1-25-13-9-12(20(23)24)7-10(15(13)21)8-14-16(22)19-17(26-14)18-11-5-3-2-4-6-11/h2-9,21H,1H3,(H,18,19,22)/b14-8+. The molecule has 2 N–H and O–H groups in total. The summed E-state index contributed by atoms with van der Waals surface area (Å²) in [5, 5.41) is 24.2. The summed E-state index contributed by atoms with van der Waals surface area (Å²) in [6.07, 6.45) is 1.36. The summed E-state index contributed by atoms with van der Waals surface area (Å²) in [6, 6.07) is 11.4. The highest BCUT2D eigenvalue weighted by atomic mass is 32.2. The summed E-state index contributed by atoms with van der Waals surface area (Å²) in [6.45, 7) is 0. The summed E-state index contributed by atoms with van der Waals surface area (Å²) in [4.78, 5) is 27.1. The number of nitro groups is 1. The van der Waals surface area contributed by atoms with Crippen molar-refractivity contribution in [2.75, 3.05) is 7.11 Å². The van der Waals surface area contributed by atoms with Gasteiger partial charge in [0.1, 0.15) is 0 Å². The number of phenolic OH excluding ortho intramolecular Hbond substituents is 1. The Labute approximate surface area is 152 Å². The summed E-state index contributed by atoms with van der Waals surface area (Å²) in [5.41, 5.74) is 0.527. The Kier molecular flexibility index (Phi) is 4.90. The summed E-state index contributed by atoms with van der Waals surface area (Å²) in [7, 11) is 1.29. The maximum Gasteiger partial charge on any atom is 0.274 e. The van der Waals surface area contributed by atoms with Crippen LogP contribution in [-0.2, 0) is 4.79 Å². The number of amidine groups is 1. The van der Waals surface area contributed by atoms with Gasteiger partial charge in [-0.05, 0) is 30.0 Å². The van der Waals surface area contributed by atoms with Crippen molar-refractivity contribution in [1.29, 1.82) is 0 Å². The average molecular weight is 371 g/mol. The zero-order valence-corrected chi connectivity index (χ0v) is 14.3. The topological polar surface area (TPSA) is 114 Å². The van der Waals surface area contributed by atoms with Gasteiger partial charge in [0.2, 0.25) is 0 Å². The predicted octanol–water partition coefficient (Wildman–Crippen LogP) is 3.20. The molecule has 0 saturated carbocycles. The van der Waals surface area contributed by atoms with Gasteiger partial charge < -0.3 is 15.2 Å². The number of nitrogens with one attached hydrogen (secondary N) is 1. The van der Waals surface area contributed by atoms with Crippen LogP contribution < -0.4 is 10.1 Å². The third-order valence-electron chi connectivity index (χ3n) is 3.44. The molecule has 0 bridgehead atoms. The Bertz CT molecular complexity index is 941. The van der Waals surface area contributed by atoms with Gasteiger partial charge in [0.25, 0.3) is 11.6 Å². The highest BCUT2D eigenvalue weighted by Gasteiger charge is 2.25. The average Bonchev–Trinajstić information content (AvgIpc) is 2.96. The van der Waals surface area contributed by atoms with E-state index >= 15 is 0 Å². The van der Waals surface area contributed by atoms with Crippen molar-refractivity contribution in [2.45, 2.75) is 0 Å². The summed E-state index contributed by atoms with van der Waals surface area (Å²) in [5.74, 6) is -0.741. The van der Waals surface area contributed by atoms with Crippen molar-refractivity contribution in [1.82, 2.24) is 5.32 Å². The van der Waals surface area contributed by atoms with Gasteiger partial charge in [-0.3, -0.25) is 14.9 Å². The van der Waals surface area contributed by atoms with E-state index < -0.39 is 10.8 Å². The fourth-order valence-electron chi connectivity index (χ4n) is 2.23. The number of rotatable bonds is 4. The van der Waals surface area contributed by atoms with Gasteiger partial charge in [0.05, 0.1) is 28.7 Å². The van der Waals surface area contributed by atoms with E-state index in [1.807, 2.05) is 18.2 Å². The number of nitro benzene ring substituents is 1. The molecule has 0 spiro atoms. The number of benzene rings is 2. The molecule has 1 aliphatic rings. The number of phenols is 1. The van der Waals surface area contributed by atoms with Crippen molar-refractivity contribution in [3.05, 3.63) is 63.0 Å². The molecular weight excluding hydrogens is 358 g/mol. The summed E-state index contributed by atoms with van der Waals surface area (Å²) < 4.78 is 4.95.